The van der Waals surface area contributed by atoms with Gasteiger partial charge in [0.1, 0.15) is 11.2 Å². The maximum Gasteiger partial charge on any atom is 0.135 e. The summed E-state index contributed by atoms with van der Waals surface area (Å²) >= 11 is 0. The van der Waals surface area contributed by atoms with Crippen LogP contribution in [0.3, 0.4) is 0 Å². The minimum Gasteiger partial charge on any atom is -0.456 e. The standard InChI is InChI=1S/C58H39NO/c1-4-16-40(17-5-1)42-30-33-47(34-31-42)59(54-36-35-48(43-20-8-3-9-21-43)50-24-10-11-25-51(50)54)55-28-15-27-49(45-32-37-57-53(39-45)52-26-12-13-29-56(52)60-57)58(55)46-23-14-22-44(38-46)41-18-6-2-7-19-41/h1-39H. The van der Waals surface area contributed by atoms with Crippen LogP contribution < -0.4 is 4.90 Å². The first-order valence-electron chi connectivity index (χ1n) is 20.5. The number of benzene rings is 10. The molecule has 282 valence electrons. The van der Waals surface area contributed by atoms with Gasteiger partial charge >= 0.3 is 0 Å². The second-order valence-electron chi connectivity index (χ2n) is 15.2. The molecule has 2 nitrogen and oxygen atoms in total. The summed E-state index contributed by atoms with van der Waals surface area (Å²) in [6.07, 6.45) is 0. The maximum absolute atomic E-state index is 6.32. The van der Waals surface area contributed by atoms with E-state index in [1.165, 1.54) is 44.2 Å². The molecule has 0 fully saturated rings. The van der Waals surface area contributed by atoms with E-state index in [4.69, 9.17) is 4.42 Å². The van der Waals surface area contributed by atoms with Crippen molar-refractivity contribution in [3.05, 3.63) is 237 Å². The lowest BCUT2D eigenvalue weighted by Crippen LogP contribution is -2.12. The van der Waals surface area contributed by atoms with Crippen LogP contribution in [0.1, 0.15) is 0 Å². The molecule has 0 amide bonds. The summed E-state index contributed by atoms with van der Waals surface area (Å²) in [5, 5.41) is 4.59. The molecule has 0 saturated carbocycles. The summed E-state index contributed by atoms with van der Waals surface area (Å²) in [4.78, 5) is 2.46. The van der Waals surface area contributed by atoms with Crippen LogP contribution in [0.5, 0.6) is 0 Å². The fourth-order valence-electron chi connectivity index (χ4n) is 8.84. The van der Waals surface area contributed by atoms with E-state index in [1.807, 2.05) is 12.1 Å². The quantitative estimate of drug-likeness (QED) is 0.153. The van der Waals surface area contributed by atoms with Gasteiger partial charge in [-0.3, -0.25) is 0 Å². The van der Waals surface area contributed by atoms with E-state index in [9.17, 15) is 0 Å². The monoisotopic (exact) mass is 765 g/mol. The highest BCUT2D eigenvalue weighted by Gasteiger charge is 2.24. The lowest BCUT2D eigenvalue weighted by atomic mass is 9.89. The number of hydrogen-bond donors (Lipinski definition) is 0. The third-order valence-corrected chi connectivity index (χ3v) is 11.7. The summed E-state index contributed by atoms with van der Waals surface area (Å²) in [7, 11) is 0. The van der Waals surface area contributed by atoms with Crippen molar-refractivity contribution >= 4 is 49.8 Å². The summed E-state index contributed by atoms with van der Waals surface area (Å²) in [6.45, 7) is 0. The molecule has 60 heavy (non-hydrogen) atoms. The van der Waals surface area contributed by atoms with Crippen LogP contribution in [0.4, 0.5) is 17.1 Å². The fraction of sp³-hybridized carbons (Fsp3) is 0. The molecule has 11 rings (SSSR count). The molecule has 0 unspecified atom stereocenters. The molecule has 1 heterocycles. The predicted molar refractivity (Wildman–Crippen MR) is 253 cm³/mol. The minimum absolute atomic E-state index is 0.883. The summed E-state index contributed by atoms with van der Waals surface area (Å²) in [5.41, 5.74) is 16.7. The van der Waals surface area contributed by atoms with Crippen LogP contribution in [-0.2, 0) is 0 Å². The Morgan fingerprint density at radius 3 is 1.57 bits per heavy atom. The summed E-state index contributed by atoms with van der Waals surface area (Å²) < 4.78 is 6.32. The van der Waals surface area contributed by atoms with Crippen molar-refractivity contribution in [1.82, 2.24) is 0 Å². The Balaban J connectivity index is 1.19. The molecule has 1 aromatic heterocycles. The topological polar surface area (TPSA) is 16.4 Å². The number of furan rings is 1. The largest absolute Gasteiger partial charge is 0.456 e. The third kappa shape index (κ3) is 6.32. The number of fused-ring (bicyclic) bond motifs is 4. The van der Waals surface area contributed by atoms with Gasteiger partial charge in [-0.1, -0.05) is 188 Å². The van der Waals surface area contributed by atoms with Gasteiger partial charge in [0.05, 0.1) is 11.4 Å². The van der Waals surface area contributed by atoms with E-state index in [2.05, 4.69) is 229 Å². The van der Waals surface area contributed by atoms with Crippen LogP contribution in [0.2, 0.25) is 0 Å². The number of hydrogen-bond acceptors (Lipinski definition) is 2. The first-order chi connectivity index (χ1) is 29.8. The zero-order valence-electron chi connectivity index (χ0n) is 32.9. The van der Waals surface area contributed by atoms with Crippen molar-refractivity contribution in [3.8, 4) is 55.6 Å². The molecule has 0 radical (unpaired) electrons. The van der Waals surface area contributed by atoms with Crippen LogP contribution in [0, 0.1) is 0 Å². The van der Waals surface area contributed by atoms with Crippen molar-refractivity contribution in [3.63, 3.8) is 0 Å². The van der Waals surface area contributed by atoms with E-state index < -0.39 is 0 Å². The molecular formula is C58H39NO. The average Bonchev–Trinajstić information content (AvgIpc) is 3.71. The Labute approximate surface area is 349 Å². The average molecular weight is 766 g/mol. The van der Waals surface area contributed by atoms with Gasteiger partial charge in [-0.05, 0) is 104 Å². The Bertz CT molecular complexity index is 3290. The van der Waals surface area contributed by atoms with Gasteiger partial charge in [0.25, 0.3) is 0 Å². The number of rotatable bonds is 8. The van der Waals surface area contributed by atoms with Crippen LogP contribution >= 0.6 is 0 Å². The Morgan fingerprint density at radius 2 is 0.817 bits per heavy atom. The number of para-hydroxylation sites is 1. The highest BCUT2D eigenvalue weighted by atomic mass is 16.3. The minimum atomic E-state index is 0.883. The smallest absolute Gasteiger partial charge is 0.135 e. The molecule has 11 aromatic rings. The van der Waals surface area contributed by atoms with E-state index in [0.29, 0.717) is 0 Å². The highest BCUT2D eigenvalue weighted by molar-refractivity contribution is 6.10. The number of anilines is 3. The van der Waals surface area contributed by atoms with E-state index >= 15 is 0 Å². The molecular weight excluding hydrogens is 727 g/mol. The van der Waals surface area contributed by atoms with Gasteiger partial charge in [-0.2, -0.15) is 0 Å². The van der Waals surface area contributed by atoms with Crippen molar-refractivity contribution in [2.45, 2.75) is 0 Å². The first kappa shape index (κ1) is 35.2. The SMILES string of the molecule is c1ccc(-c2ccc(N(c3cccc(-c4ccc5oc6ccccc6c5c4)c3-c3cccc(-c4ccccc4)c3)c3ccc(-c4ccccc4)c4ccccc34)cc2)cc1. The van der Waals surface area contributed by atoms with E-state index in [1.54, 1.807) is 0 Å². The second-order valence-corrected chi connectivity index (χ2v) is 15.2. The van der Waals surface area contributed by atoms with Crippen LogP contribution in [-0.4, -0.2) is 0 Å². The Hall–Kier alpha value is -7.94. The molecule has 0 bridgehead atoms. The van der Waals surface area contributed by atoms with Crippen molar-refractivity contribution < 1.29 is 4.42 Å². The molecule has 0 spiro atoms. The molecule has 0 aliphatic carbocycles. The van der Waals surface area contributed by atoms with Crippen molar-refractivity contribution in [1.29, 1.82) is 0 Å². The molecule has 0 aliphatic heterocycles. The van der Waals surface area contributed by atoms with Gasteiger partial charge in [0.2, 0.25) is 0 Å². The van der Waals surface area contributed by atoms with Crippen molar-refractivity contribution in [2.75, 3.05) is 4.90 Å². The molecule has 0 N–H and O–H groups in total. The van der Waals surface area contributed by atoms with Gasteiger partial charge in [0, 0.05) is 27.4 Å². The molecule has 0 atom stereocenters. The molecule has 0 saturated heterocycles. The Morgan fingerprint density at radius 1 is 0.267 bits per heavy atom. The lowest BCUT2D eigenvalue weighted by molar-refractivity contribution is 0.669. The molecule has 10 aromatic carbocycles. The summed E-state index contributed by atoms with van der Waals surface area (Å²) in [5.74, 6) is 0. The Kier molecular flexibility index (Phi) is 8.87. The second kappa shape index (κ2) is 15.1. The summed E-state index contributed by atoms with van der Waals surface area (Å²) in [6, 6.07) is 85.1. The third-order valence-electron chi connectivity index (χ3n) is 11.7. The first-order valence-corrected chi connectivity index (χ1v) is 20.5. The number of nitrogens with zero attached hydrogens (tertiary/aromatic N) is 1. The van der Waals surface area contributed by atoms with Gasteiger partial charge in [-0.15, -0.1) is 0 Å². The fourth-order valence-corrected chi connectivity index (χ4v) is 8.84. The predicted octanol–water partition coefficient (Wildman–Crippen LogP) is 16.5. The van der Waals surface area contributed by atoms with E-state index in [0.717, 1.165) is 61.3 Å². The maximum atomic E-state index is 6.32. The zero-order valence-corrected chi connectivity index (χ0v) is 32.9. The van der Waals surface area contributed by atoms with Crippen molar-refractivity contribution in [2.24, 2.45) is 0 Å². The van der Waals surface area contributed by atoms with Gasteiger partial charge in [0.15, 0.2) is 0 Å². The van der Waals surface area contributed by atoms with Crippen LogP contribution in [0.25, 0.3) is 88.3 Å². The lowest BCUT2D eigenvalue weighted by Gasteiger charge is -2.31. The normalized spacial score (nSPS) is 11.3. The molecule has 2 heteroatoms. The van der Waals surface area contributed by atoms with E-state index in [-0.39, 0.29) is 0 Å². The van der Waals surface area contributed by atoms with Gasteiger partial charge < -0.3 is 9.32 Å². The zero-order chi connectivity index (χ0) is 39.8. The van der Waals surface area contributed by atoms with Gasteiger partial charge in [-0.25, -0.2) is 0 Å². The highest BCUT2D eigenvalue weighted by Crippen LogP contribution is 2.49. The van der Waals surface area contributed by atoms with Crippen LogP contribution in [0.15, 0.2) is 241 Å². The molecule has 0 aliphatic rings.